The molecule has 0 saturated carbocycles. The van der Waals surface area contributed by atoms with Crippen LogP contribution in [0.25, 0.3) is 5.69 Å². The van der Waals surface area contributed by atoms with Crippen molar-refractivity contribution in [1.82, 2.24) is 24.1 Å². The zero-order valence-electron chi connectivity index (χ0n) is 19.7. The standard InChI is InChI=1S/C24H26FN5O5/c1-27-9-11-28(12-10-27)22(31)21-23(32)29(15-16-5-4-6-17(25)13-16)24(33)30(26-21)18-7-8-19(34-2)20(14-18)35-3/h4-8,13-14H,9-12,15H2,1-3H3. The van der Waals surface area contributed by atoms with Gasteiger partial charge in [0.1, 0.15) is 5.82 Å². The van der Waals surface area contributed by atoms with Crippen molar-refractivity contribution >= 4 is 5.91 Å². The smallest absolute Gasteiger partial charge is 0.352 e. The fraction of sp³-hybridized carbons (Fsp3) is 0.333. The van der Waals surface area contributed by atoms with Gasteiger partial charge in [0, 0.05) is 32.2 Å². The fourth-order valence-corrected chi connectivity index (χ4v) is 3.89. The lowest BCUT2D eigenvalue weighted by Crippen LogP contribution is -2.51. The van der Waals surface area contributed by atoms with Crippen LogP contribution in [-0.2, 0) is 6.54 Å². The van der Waals surface area contributed by atoms with Gasteiger partial charge in [0.2, 0.25) is 5.69 Å². The van der Waals surface area contributed by atoms with Crippen LogP contribution < -0.4 is 20.7 Å². The maximum Gasteiger partial charge on any atom is 0.352 e. The predicted molar refractivity (Wildman–Crippen MR) is 126 cm³/mol. The molecule has 4 rings (SSSR count). The molecule has 0 bridgehead atoms. The minimum absolute atomic E-state index is 0.228. The van der Waals surface area contributed by atoms with Gasteiger partial charge in [0.05, 0.1) is 26.5 Å². The second-order valence-corrected chi connectivity index (χ2v) is 8.20. The molecule has 1 fully saturated rings. The van der Waals surface area contributed by atoms with Crippen molar-refractivity contribution in [2.45, 2.75) is 6.54 Å². The lowest BCUT2D eigenvalue weighted by Gasteiger charge is -2.32. The lowest BCUT2D eigenvalue weighted by molar-refractivity contribution is 0.0652. The molecule has 0 N–H and O–H groups in total. The van der Waals surface area contributed by atoms with E-state index in [4.69, 9.17) is 9.47 Å². The molecule has 0 unspecified atom stereocenters. The third-order valence-electron chi connectivity index (χ3n) is 5.89. The Morgan fingerprint density at radius 3 is 2.37 bits per heavy atom. The van der Waals surface area contributed by atoms with Crippen LogP contribution in [0.1, 0.15) is 16.1 Å². The first-order valence-electron chi connectivity index (χ1n) is 11.0. The number of carbonyl (C=O) groups is 1. The summed E-state index contributed by atoms with van der Waals surface area (Å²) in [6.45, 7) is 1.93. The summed E-state index contributed by atoms with van der Waals surface area (Å²) in [7, 11) is 4.88. The number of hydrogen-bond acceptors (Lipinski definition) is 7. The Bertz CT molecular complexity index is 1360. The van der Waals surface area contributed by atoms with Crippen molar-refractivity contribution in [1.29, 1.82) is 0 Å². The first kappa shape index (κ1) is 24.1. The van der Waals surface area contributed by atoms with Crippen LogP contribution in [0, 0.1) is 5.82 Å². The van der Waals surface area contributed by atoms with E-state index in [0.29, 0.717) is 43.2 Å². The number of halogens is 1. The molecule has 0 spiro atoms. The van der Waals surface area contributed by atoms with Gasteiger partial charge in [0.25, 0.3) is 11.5 Å². The van der Waals surface area contributed by atoms with Gasteiger partial charge < -0.3 is 19.3 Å². The summed E-state index contributed by atoms with van der Waals surface area (Å²) in [5.74, 6) is -0.288. The van der Waals surface area contributed by atoms with Crippen molar-refractivity contribution in [3.8, 4) is 17.2 Å². The number of ether oxygens (including phenoxy) is 2. The molecule has 10 nitrogen and oxygen atoms in total. The number of carbonyl (C=O) groups excluding carboxylic acids is 1. The number of rotatable bonds is 6. The minimum atomic E-state index is -0.833. The number of aromatic nitrogens is 3. The average molecular weight is 484 g/mol. The van der Waals surface area contributed by atoms with Crippen molar-refractivity contribution in [3.63, 3.8) is 0 Å². The van der Waals surface area contributed by atoms with E-state index < -0.39 is 23.0 Å². The Morgan fingerprint density at radius 2 is 1.71 bits per heavy atom. The molecule has 184 valence electrons. The Balaban J connectivity index is 1.87. The highest BCUT2D eigenvalue weighted by atomic mass is 19.1. The van der Waals surface area contributed by atoms with E-state index in [1.807, 2.05) is 7.05 Å². The topological polar surface area (TPSA) is 98.9 Å². The molecule has 35 heavy (non-hydrogen) atoms. The summed E-state index contributed by atoms with van der Waals surface area (Å²) in [4.78, 5) is 43.6. The summed E-state index contributed by atoms with van der Waals surface area (Å²) in [5.41, 5.74) is -1.33. The molecule has 2 aromatic carbocycles. The van der Waals surface area contributed by atoms with Gasteiger partial charge in [-0.1, -0.05) is 12.1 Å². The van der Waals surface area contributed by atoms with Crippen LogP contribution in [-0.4, -0.2) is 77.5 Å². The normalized spacial score (nSPS) is 14.1. The highest BCUT2D eigenvalue weighted by Crippen LogP contribution is 2.28. The molecule has 1 aliphatic heterocycles. The molecule has 1 aliphatic rings. The van der Waals surface area contributed by atoms with Gasteiger partial charge in [-0.2, -0.15) is 9.78 Å². The van der Waals surface area contributed by atoms with E-state index in [0.717, 1.165) is 9.25 Å². The van der Waals surface area contributed by atoms with Crippen LogP contribution in [0.4, 0.5) is 4.39 Å². The third kappa shape index (κ3) is 4.94. The molecule has 0 atom stereocenters. The average Bonchev–Trinajstić information content (AvgIpc) is 2.86. The summed E-state index contributed by atoms with van der Waals surface area (Å²) >= 11 is 0. The van der Waals surface area contributed by atoms with E-state index in [2.05, 4.69) is 10.00 Å². The van der Waals surface area contributed by atoms with Gasteiger partial charge in [0.15, 0.2) is 11.5 Å². The van der Waals surface area contributed by atoms with Crippen molar-refractivity contribution in [2.24, 2.45) is 0 Å². The maximum absolute atomic E-state index is 13.8. The molecule has 0 radical (unpaired) electrons. The molecule has 0 aliphatic carbocycles. The number of methoxy groups -OCH3 is 2. The van der Waals surface area contributed by atoms with Crippen LogP contribution in [0.2, 0.25) is 0 Å². The lowest BCUT2D eigenvalue weighted by atomic mass is 10.2. The molecule has 11 heteroatoms. The van der Waals surface area contributed by atoms with Gasteiger partial charge in [-0.15, -0.1) is 0 Å². The number of likely N-dealkylation sites (N-methyl/N-ethyl adjacent to an activating group) is 1. The Labute approximate surface area is 200 Å². The zero-order chi connectivity index (χ0) is 25.1. The van der Waals surface area contributed by atoms with Gasteiger partial charge >= 0.3 is 5.69 Å². The SMILES string of the molecule is COc1ccc(-n2nc(C(=O)N3CCN(C)CC3)c(=O)n(Cc3cccc(F)c3)c2=O)cc1OC. The van der Waals surface area contributed by atoms with E-state index in [-0.39, 0.29) is 17.9 Å². The van der Waals surface area contributed by atoms with E-state index >= 15 is 0 Å². The number of nitrogens with zero attached hydrogens (tertiary/aromatic N) is 5. The Kier molecular flexibility index (Phi) is 6.97. The Hall–Kier alpha value is -3.99. The summed E-state index contributed by atoms with van der Waals surface area (Å²) in [5, 5.41) is 4.18. The summed E-state index contributed by atoms with van der Waals surface area (Å²) in [6, 6.07) is 10.3. The molecule has 1 aromatic heterocycles. The summed E-state index contributed by atoms with van der Waals surface area (Å²) < 4.78 is 26.2. The molecule has 3 aromatic rings. The third-order valence-corrected chi connectivity index (χ3v) is 5.89. The molecular formula is C24H26FN5O5. The van der Waals surface area contributed by atoms with Crippen molar-refractivity contribution in [3.05, 3.63) is 80.4 Å². The minimum Gasteiger partial charge on any atom is -0.493 e. The van der Waals surface area contributed by atoms with E-state index in [9.17, 15) is 18.8 Å². The number of benzene rings is 2. The van der Waals surface area contributed by atoms with Crippen LogP contribution >= 0.6 is 0 Å². The number of amides is 1. The number of hydrogen-bond donors (Lipinski definition) is 0. The van der Waals surface area contributed by atoms with Crippen molar-refractivity contribution in [2.75, 3.05) is 47.4 Å². The van der Waals surface area contributed by atoms with Crippen LogP contribution in [0.15, 0.2) is 52.1 Å². The van der Waals surface area contributed by atoms with Gasteiger partial charge in [-0.05, 0) is 36.9 Å². The van der Waals surface area contributed by atoms with E-state index in [1.165, 1.54) is 38.5 Å². The quantitative estimate of drug-likeness (QED) is 0.516. The number of piperazine rings is 1. The molecule has 2 heterocycles. The molecule has 1 amide bonds. The van der Waals surface area contributed by atoms with Gasteiger partial charge in [-0.25, -0.2) is 9.18 Å². The Morgan fingerprint density at radius 1 is 1.00 bits per heavy atom. The van der Waals surface area contributed by atoms with Crippen LogP contribution in [0.3, 0.4) is 0 Å². The molecular weight excluding hydrogens is 457 g/mol. The first-order chi connectivity index (χ1) is 16.8. The zero-order valence-corrected chi connectivity index (χ0v) is 19.7. The van der Waals surface area contributed by atoms with Gasteiger partial charge in [-0.3, -0.25) is 14.2 Å². The van der Waals surface area contributed by atoms with Crippen molar-refractivity contribution < 1.29 is 18.7 Å². The highest BCUT2D eigenvalue weighted by Gasteiger charge is 2.27. The monoisotopic (exact) mass is 483 g/mol. The highest BCUT2D eigenvalue weighted by molar-refractivity contribution is 5.92. The maximum atomic E-state index is 13.8. The largest absolute Gasteiger partial charge is 0.493 e. The van der Waals surface area contributed by atoms with E-state index in [1.54, 1.807) is 23.1 Å². The fourth-order valence-electron chi connectivity index (χ4n) is 3.89. The summed E-state index contributed by atoms with van der Waals surface area (Å²) in [6.07, 6.45) is 0. The first-order valence-corrected chi connectivity index (χ1v) is 11.0. The second kappa shape index (κ2) is 10.1. The second-order valence-electron chi connectivity index (χ2n) is 8.20. The molecule has 1 saturated heterocycles. The predicted octanol–water partition coefficient (Wildman–Crippen LogP) is 0.986. The van der Waals surface area contributed by atoms with Crippen LogP contribution in [0.5, 0.6) is 11.5 Å².